The highest BCUT2D eigenvalue weighted by molar-refractivity contribution is 5.04. The molecule has 1 heterocycles. The molecule has 1 aliphatic carbocycles. The fourth-order valence-electron chi connectivity index (χ4n) is 2.83. The van der Waals surface area contributed by atoms with E-state index in [-0.39, 0.29) is 6.04 Å². The summed E-state index contributed by atoms with van der Waals surface area (Å²) >= 11 is 0. The van der Waals surface area contributed by atoms with Gasteiger partial charge in [-0.1, -0.05) is 19.8 Å². The molecule has 1 fully saturated rings. The summed E-state index contributed by atoms with van der Waals surface area (Å²) in [5.74, 6) is 0. The largest absolute Gasteiger partial charge is 0.332 e. The molecule has 1 aliphatic rings. The first-order valence-corrected chi connectivity index (χ1v) is 7.18. The van der Waals surface area contributed by atoms with Crippen LogP contribution < -0.4 is 5.73 Å². The van der Waals surface area contributed by atoms with E-state index in [9.17, 15) is 0 Å². The zero-order valence-corrected chi connectivity index (χ0v) is 11.7. The number of hydrogen-bond donors (Lipinski definition) is 1. The first-order valence-electron chi connectivity index (χ1n) is 7.18. The van der Waals surface area contributed by atoms with Crippen molar-refractivity contribution in [3.8, 4) is 0 Å². The number of aromatic nitrogens is 2. The zero-order valence-electron chi connectivity index (χ0n) is 11.7. The molecular formula is C14H26N4. The lowest BCUT2D eigenvalue weighted by Gasteiger charge is -2.24. The Bertz CT molecular complexity index is 354. The van der Waals surface area contributed by atoms with Gasteiger partial charge in [0, 0.05) is 31.4 Å². The number of nitrogens with two attached hydrogens (primary N) is 1. The van der Waals surface area contributed by atoms with Crippen molar-refractivity contribution in [1.82, 2.24) is 14.5 Å². The third-order valence-corrected chi connectivity index (χ3v) is 4.21. The molecule has 1 atom stereocenters. The van der Waals surface area contributed by atoms with E-state index in [0.29, 0.717) is 0 Å². The Kier molecular flexibility index (Phi) is 4.78. The van der Waals surface area contributed by atoms with Crippen LogP contribution in [0.2, 0.25) is 0 Å². The van der Waals surface area contributed by atoms with E-state index in [1.165, 1.54) is 25.7 Å². The van der Waals surface area contributed by atoms with E-state index in [4.69, 9.17) is 5.73 Å². The van der Waals surface area contributed by atoms with E-state index >= 15 is 0 Å². The van der Waals surface area contributed by atoms with E-state index in [0.717, 1.165) is 31.2 Å². The number of rotatable bonds is 6. The van der Waals surface area contributed by atoms with E-state index in [1.54, 1.807) is 0 Å². The van der Waals surface area contributed by atoms with Crippen LogP contribution in [-0.4, -0.2) is 34.1 Å². The molecule has 2 rings (SSSR count). The Morgan fingerprint density at radius 2 is 2.22 bits per heavy atom. The number of likely N-dealkylation sites (N-methyl/N-ethyl adjacent to an activating group) is 1. The molecule has 0 radical (unpaired) electrons. The second-order valence-corrected chi connectivity index (χ2v) is 5.45. The quantitative estimate of drug-likeness (QED) is 0.841. The fraction of sp³-hybridized carbons (Fsp3) is 0.786. The van der Waals surface area contributed by atoms with Crippen LogP contribution in [-0.2, 0) is 6.54 Å². The maximum Gasteiger partial charge on any atom is 0.0949 e. The Labute approximate surface area is 110 Å². The van der Waals surface area contributed by atoms with E-state index in [2.05, 4.69) is 28.4 Å². The molecular weight excluding hydrogens is 224 g/mol. The van der Waals surface area contributed by atoms with E-state index in [1.807, 2.05) is 12.5 Å². The first-order chi connectivity index (χ1) is 8.72. The number of hydrogen-bond acceptors (Lipinski definition) is 3. The molecule has 0 bridgehead atoms. The molecule has 0 amide bonds. The fourth-order valence-corrected chi connectivity index (χ4v) is 2.83. The van der Waals surface area contributed by atoms with Crippen LogP contribution in [0.4, 0.5) is 0 Å². The van der Waals surface area contributed by atoms with Crippen LogP contribution in [0, 0.1) is 0 Å². The maximum absolute atomic E-state index is 6.09. The van der Waals surface area contributed by atoms with Crippen LogP contribution in [0.5, 0.6) is 0 Å². The standard InChI is InChI=1S/C14H26N4/c1-3-13(15)14-10-16-11-18(14)9-8-17(2)12-6-4-5-7-12/h10-13H,3-9,15H2,1-2H3/t13-/m1/s1. The molecule has 0 spiro atoms. The predicted molar refractivity (Wildman–Crippen MR) is 74.3 cm³/mol. The lowest BCUT2D eigenvalue weighted by molar-refractivity contribution is 0.235. The topological polar surface area (TPSA) is 47.1 Å². The summed E-state index contributed by atoms with van der Waals surface area (Å²) in [7, 11) is 2.24. The van der Waals surface area contributed by atoms with Gasteiger partial charge < -0.3 is 15.2 Å². The average Bonchev–Trinajstić information content (AvgIpc) is 3.05. The van der Waals surface area contributed by atoms with Gasteiger partial charge in [0.2, 0.25) is 0 Å². The summed E-state index contributed by atoms with van der Waals surface area (Å²) in [6.45, 7) is 4.20. The van der Waals surface area contributed by atoms with Crippen LogP contribution >= 0.6 is 0 Å². The van der Waals surface area contributed by atoms with Crippen LogP contribution in [0.15, 0.2) is 12.5 Å². The molecule has 18 heavy (non-hydrogen) atoms. The predicted octanol–water partition coefficient (Wildman–Crippen LogP) is 2.17. The summed E-state index contributed by atoms with van der Waals surface area (Å²) in [5, 5.41) is 0. The van der Waals surface area contributed by atoms with Crippen molar-refractivity contribution in [1.29, 1.82) is 0 Å². The van der Waals surface area contributed by atoms with E-state index < -0.39 is 0 Å². The third-order valence-electron chi connectivity index (χ3n) is 4.21. The summed E-state index contributed by atoms with van der Waals surface area (Å²) in [5.41, 5.74) is 7.26. The molecule has 0 unspecified atom stereocenters. The van der Waals surface area contributed by atoms with Gasteiger partial charge in [0.25, 0.3) is 0 Å². The molecule has 0 aromatic carbocycles. The SMILES string of the molecule is CC[C@@H](N)c1cncn1CCN(C)C1CCCC1. The lowest BCUT2D eigenvalue weighted by Crippen LogP contribution is -2.32. The zero-order chi connectivity index (χ0) is 13.0. The van der Waals surface area contributed by atoms with Crippen molar-refractivity contribution >= 4 is 0 Å². The molecule has 2 N–H and O–H groups in total. The molecule has 102 valence electrons. The van der Waals surface area contributed by atoms with Gasteiger partial charge in [-0.05, 0) is 26.3 Å². The summed E-state index contributed by atoms with van der Waals surface area (Å²) in [6.07, 6.45) is 10.3. The van der Waals surface area contributed by atoms with Gasteiger partial charge in [-0.25, -0.2) is 4.98 Å². The molecule has 4 heteroatoms. The summed E-state index contributed by atoms with van der Waals surface area (Å²) in [6, 6.07) is 0.904. The maximum atomic E-state index is 6.09. The van der Waals surface area contributed by atoms with Crippen molar-refractivity contribution in [2.24, 2.45) is 5.73 Å². The van der Waals surface area contributed by atoms with Gasteiger partial charge in [-0.15, -0.1) is 0 Å². The highest BCUT2D eigenvalue weighted by Crippen LogP contribution is 2.22. The molecule has 1 aromatic rings. The molecule has 0 saturated heterocycles. The Morgan fingerprint density at radius 1 is 1.50 bits per heavy atom. The average molecular weight is 250 g/mol. The van der Waals surface area contributed by atoms with Crippen molar-refractivity contribution in [2.75, 3.05) is 13.6 Å². The summed E-state index contributed by atoms with van der Waals surface area (Å²) in [4.78, 5) is 6.73. The second-order valence-electron chi connectivity index (χ2n) is 5.45. The smallest absolute Gasteiger partial charge is 0.0949 e. The highest BCUT2D eigenvalue weighted by Gasteiger charge is 2.19. The normalized spacial score (nSPS) is 18.7. The molecule has 1 saturated carbocycles. The molecule has 4 nitrogen and oxygen atoms in total. The van der Waals surface area contributed by atoms with Crippen LogP contribution in [0.1, 0.15) is 50.8 Å². The monoisotopic (exact) mass is 250 g/mol. The van der Waals surface area contributed by atoms with Gasteiger partial charge >= 0.3 is 0 Å². The Hall–Kier alpha value is -0.870. The van der Waals surface area contributed by atoms with Crippen LogP contribution in [0.25, 0.3) is 0 Å². The van der Waals surface area contributed by atoms with Gasteiger partial charge in [0.1, 0.15) is 0 Å². The van der Waals surface area contributed by atoms with Gasteiger partial charge in [-0.3, -0.25) is 0 Å². The van der Waals surface area contributed by atoms with Crippen molar-refractivity contribution in [2.45, 2.75) is 57.7 Å². The van der Waals surface area contributed by atoms with Crippen molar-refractivity contribution < 1.29 is 0 Å². The molecule has 0 aliphatic heterocycles. The minimum absolute atomic E-state index is 0.115. The number of imidazole rings is 1. The highest BCUT2D eigenvalue weighted by atomic mass is 15.2. The van der Waals surface area contributed by atoms with Gasteiger partial charge in [0.05, 0.1) is 12.0 Å². The van der Waals surface area contributed by atoms with Crippen LogP contribution in [0.3, 0.4) is 0 Å². The minimum atomic E-state index is 0.115. The summed E-state index contributed by atoms with van der Waals surface area (Å²) < 4.78 is 2.21. The van der Waals surface area contributed by atoms with Gasteiger partial charge in [0.15, 0.2) is 0 Å². The Morgan fingerprint density at radius 3 is 2.89 bits per heavy atom. The first kappa shape index (κ1) is 13.6. The molecule has 1 aromatic heterocycles. The Balaban J connectivity index is 1.87. The number of nitrogens with zero attached hydrogens (tertiary/aromatic N) is 3. The third kappa shape index (κ3) is 3.12. The van der Waals surface area contributed by atoms with Crippen molar-refractivity contribution in [3.05, 3.63) is 18.2 Å². The minimum Gasteiger partial charge on any atom is -0.332 e. The second kappa shape index (κ2) is 6.34. The van der Waals surface area contributed by atoms with Crippen molar-refractivity contribution in [3.63, 3.8) is 0 Å². The lowest BCUT2D eigenvalue weighted by atomic mass is 10.2. The van der Waals surface area contributed by atoms with Gasteiger partial charge in [-0.2, -0.15) is 0 Å².